The molecule has 0 aliphatic heterocycles. The summed E-state index contributed by atoms with van der Waals surface area (Å²) in [5.74, 6) is -0.342. The zero-order chi connectivity index (χ0) is 7.28. The van der Waals surface area contributed by atoms with Gasteiger partial charge < -0.3 is 14.4 Å². The van der Waals surface area contributed by atoms with E-state index >= 15 is 0 Å². The predicted molar refractivity (Wildman–Crippen MR) is 36.9 cm³/mol. The third-order valence-corrected chi connectivity index (χ3v) is 1.28. The average molecular weight is 150 g/mol. The van der Waals surface area contributed by atoms with Crippen LogP contribution in [0.3, 0.4) is 0 Å². The van der Waals surface area contributed by atoms with Crippen molar-refractivity contribution in [1.29, 1.82) is 0 Å². The lowest BCUT2D eigenvalue weighted by molar-refractivity contribution is -0.114. The zero-order valence-corrected chi connectivity index (χ0v) is 6.43. The van der Waals surface area contributed by atoms with Crippen LogP contribution in [0.15, 0.2) is 0 Å². The SMILES string of the molecule is CC(C=O)C(O)COP. The second kappa shape index (κ2) is 4.86. The maximum absolute atomic E-state index is 10.00. The van der Waals surface area contributed by atoms with E-state index in [1.54, 1.807) is 6.92 Å². The van der Waals surface area contributed by atoms with Crippen LogP contribution in [0, 0.1) is 5.92 Å². The Morgan fingerprint density at radius 2 is 2.44 bits per heavy atom. The largest absolute Gasteiger partial charge is 0.390 e. The van der Waals surface area contributed by atoms with Gasteiger partial charge in [-0.25, -0.2) is 0 Å². The van der Waals surface area contributed by atoms with Crippen LogP contribution in [0.4, 0.5) is 0 Å². The van der Waals surface area contributed by atoms with Crippen molar-refractivity contribution >= 4 is 15.8 Å². The molecule has 0 heterocycles. The topological polar surface area (TPSA) is 46.5 Å². The summed E-state index contributed by atoms with van der Waals surface area (Å²) in [6.07, 6.45) is 0.0222. The predicted octanol–water partition coefficient (Wildman–Crippen LogP) is -0.0110. The monoisotopic (exact) mass is 150 g/mol. The summed E-state index contributed by atoms with van der Waals surface area (Å²) in [6, 6.07) is 0. The van der Waals surface area contributed by atoms with Crippen LogP contribution >= 0.6 is 9.47 Å². The van der Waals surface area contributed by atoms with Crippen molar-refractivity contribution in [2.75, 3.05) is 6.61 Å². The van der Waals surface area contributed by atoms with E-state index in [0.717, 1.165) is 0 Å². The molecule has 4 heteroatoms. The highest BCUT2D eigenvalue weighted by Gasteiger charge is 2.11. The maximum atomic E-state index is 10.00. The van der Waals surface area contributed by atoms with Crippen LogP contribution in [0.1, 0.15) is 6.92 Å². The van der Waals surface area contributed by atoms with E-state index in [1.807, 2.05) is 9.47 Å². The van der Waals surface area contributed by atoms with Crippen molar-refractivity contribution in [3.8, 4) is 0 Å². The summed E-state index contributed by atoms with van der Waals surface area (Å²) >= 11 is 0. The van der Waals surface area contributed by atoms with Gasteiger partial charge in [0.2, 0.25) is 0 Å². The van der Waals surface area contributed by atoms with Gasteiger partial charge in [-0.1, -0.05) is 6.92 Å². The molecule has 9 heavy (non-hydrogen) atoms. The van der Waals surface area contributed by atoms with Crippen molar-refractivity contribution in [3.63, 3.8) is 0 Å². The number of aldehydes is 1. The van der Waals surface area contributed by atoms with Gasteiger partial charge in [0.25, 0.3) is 0 Å². The first-order valence-corrected chi connectivity index (χ1v) is 3.14. The van der Waals surface area contributed by atoms with Gasteiger partial charge in [0, 0.05) is 15.4 Å². The minimum atomic E-state index is -0.681. The molecule has 0 aromatic carbocycles. The van der Waals surface area contributed by atoms with Gasteiger partial charge in [0.15, 0.2) is 0 Å². The first-order chi connectivity index (χ1) is 4.22. The molecule has 1 N–H and O–H groups in total. The number of aliphatic hydroxyl groups excluding tert-OH is 1. The van der Waals surface area contributed by atoms with Crippen molar-refractivity contribution in [3.05, 3.63) is 0 Å². The normalized spacial score (nSPS) is 16.8. The van der Waals surface area contributed by atoms with Gasteiger partial charge in [-0.15, -0.1) is 0 Å². The molecule has 0 bridgehead atoms. The molecule has 3 unspecified atom stereocenters. The first kappa shape index (κ1) is 9.02. The fraction of sp³-hybridized carbons (Fsp3) is 0.800. The minimum Gasteiger partial charge on any atom is -0.390 e. The molecule has 0 aliphatic carbocycles. The molecule has 0 saturated heterocycles. The molecule has 0 rings (SSSR count). The molecular weight excluding hydrogens is 139 g/mol. The van der Waals surface area contributed by atoms with Crippen LogP contribution in [0.2, 0.25) is 0 Å². The molecule has 0 aliphatic rings. The first-order valence-electron chi connectivity index (χ1n) is 2.67. The molecule has 0 spiro atoms. The third-order valence-electron chi connectivity index (χ3n) is 1.09. The fourth-order valence-electron chi connectivity index (χ4n) is 0.341. The molecule has 0 fully saturated rings. The second-order valence-corrected chi connectivity index (χ2v) is 2.23. The summed E-state index contributed by atoms with van der Waals surface area (Å²) in [6.45, 7) is 1.83. The van der Waals surface area contributed by atoms with Crippen molar-refractivity contribution in [2.45, 2.75) is 13.0 Å². The summed E-state index contributed by atoms with van der Waals surface area (Å²) in [5.41, 5.74) is 0. The highest BCUT2D eigenvalue weighted by Crippen LogP contribution is 2.00. The molecule has 0 radical (unpaired) electrons. The second-order valence-electron chi connectivity index (χ2n) is 1.90. The van der Waals surface area contributed by atoms with Gasteiger partial charge >= 0.3 is 0 Å². The lowest BCUT2D eigenvalue weighted by Gasteiger charge is -2.10. The lowest BCUT2D eigenvalue weighted by atomic mass is 10.1. The number of carbonyl (C=O) groups excluding carboxylic acids is 1. The van der Waals surface area contributed by atoms with Gasteiger partial charge in [0.1, 0.15) is 6.29 Å². The van der Waals surface area contributed by atoms with E-state index in [4.69, 9.17) is 5.11 Å². The number of rotatable bonds is 4. The zero-order valence-electron chi connectivity index (χ0n) is 5.28. The summed E-state index contributed by atoms with van der Waals surface area (Å²) < 4.78 is 4.53. The number of aliphatic hydroxyl groups is 1. The summed E-state index contributed by atoms with van der Waals surface area (Å²) in [7, 11) is 2.01. The van der Waals surface area contributed by atoms with E-state index in [2.05, 4.69) is 4.52 Å². The molecule has 0 saturated carbocycles. The highest BCUT2D eigenvalue weighted by atomic mass is 31.0. The molecule has 0 aromatic rings. The van der Waals surface area contributed by atoms with E-state index in [9.17, 15) is 4.79 Å². The standard InChI is InChI=1S/C5H11O3P/c1-4(2-6)5(7)3-8-9/h2,4-5,7H,3,9H2,1H3. The lowest BCUT2D eigenvalue weighted by Crippen LogP contribution is -2.22. The van der Waals surface area contributed by atoms with Crippen molar-refractivity contribution in [1.82, 2.24) is 0 Å². The number of hydrogen-bond acceptors (Lipinski definition) is 3. The average Bonchev–Trinajstić information content (AvgIpc) is 1.87. The van der Waals surface area contributed by atoms with Crippen LogP contribution < -0.4 is 0 Å². The highest BCUT2D eigenvalue weighted by molar-refractivity contribution is 7.09. The Morgan fingerprint density at radius 3 is 2.78 bits per heavy atom. The molecule has 3 atom stereocenters. The Bertz CT molecular complexity index is 86.3. The Hall–Kier alpha value is 0.0200. The Kier molecular flexibility index (Phi) is 4.87. The van der Waals surface area contributed by atoms with Crippen LogP contribution in [0.25, 0.3) is 0 Å². The van der Waals surface area contributed by atoms with Crippen molar-refractivity contribution in [2.24, 2.45) is 5.92 Å². The Morgan fingerprint density at radius 1 is 1.89 bits per heavy atom. The van der Waals surface area contributed by atoms with Gasteiger partial charge in [-0.05, 0) is 0 Å². The van der Waals surface area contributed by atoms with E-state index in [0.29, 0.717) is 6.29 Å². The molecule has 3 nitrogen and oxygen atoms in total. The van der Waals surface area contributed by atoms with E-state index in [1.165, 1.54) is 0 Å². The van der Waals surface area contributed by atoms with Crippen LogP contribution in [0.5, 0.6) is 0 Å². The van der Waals surface area contributed by atoms with Crippen LogP contribution in [-0.4, -0.2) is 24.1 Å². The van der Waals surface area contributed by atoms with E-state index in [-0.39, 0.29) is 12.5 Å². The Labute approximate surface area is 56.7 Å². The maximum Gasteiger partial charge on any atom is 0.125 e. The third kappa shape index (κ3) is 3.57. The molecule has 0 aromatic heterocycles. The van der Waals surface area contributed by atoms with Crippen molar-refractivity contribution < 1.29 is 14.4 Å². The Balaban J connectivity index is 3.44. The summed E-state index contributed by atoms with van der Waals surface area (Å²) in [4.78, 5) is 10.00. The number of hydrogen-bond donors (Lipinski definition) is 1. The quantitative estimate of drug-likeness (QED) is 0.453. The van der Waals surface area contributed by atoms with Gasteiger partial charge in [-0.3, -0.25) is 0 Å². The smallest absolute Gasteiger partial charge is 0.125 e. The minimum absolute atomic E-state index is 0.185. The molecule has 54 valence electrons. The molecular formula is C5H11O3P. The fourth-order valence-corrected chi connectivity index (χ4v) is 0.538. The van der Waals surface area contributed by atoms with Gasteiger partial charge in [-0.2, -0.15) is 0 Å². The summed E-state index contributed by atoms with van der Waals surface area (Å²) in [5, 5.41) is 8.95. The number of carbonyl (C=O) groups is 1. The van der Waals surface area contributed by atoms with E-state index < -0.39 is 6.10 Å². The molecule has 0 amide bonds. The van der Waals surface area contributed by atoms with Crippen LogP contribution in [-0.2, 0) is 9.32 Å². The van der Waals surface area contributed by atoms with Gasteiger partial charge in [0.05, 0.1) is 12.7 Å².